The Labute approximate surface area is 138 Å². The Balaban J connectivity index is 1.46. The topological polar surface area (TPSA) is 45.5 Å². The van der Waals surface area contributed by atoms with Crippen molar-refractivity contribution in [3.8, 4) is 0 Å². The van der Waals surface area contributed by atoms with Crippen LogP contribution in [0.25, 0.3) is 5.52 Å². The molecule has 0 amide bonds. The number of fused-ring (bicyclic) bond motifs is 1. The monoisotopic (exact) mass is 341 g/mol. The van der Waals surface area contributed by atoms with Crippen molar-refractivity contribution in [1.82, 2.24) is 19.5 Å². The normalized spacial score (nSPS) is 17.5. The SMILES string of the molecule is Cc1cc2c(NCCC3CCN(CC(F)(F)F)CC3)nccn2n1. The molecule has 1 N–H and O–H groups in total. The van der Waals surface area contributed by atoms with Gasteiger partial charge in [-0.25, -0.2) is 9.50 Å². The van der Waals surface area contributed by atoms with Crippen LogP contribution in [0.5, 0.6) is 0 Å². The van der Waals surface area contributed by atoms with Crippen molar-refractivity contribution in [1.29, 1.82) is 0 Å². The first-order valence-corrected chi connectivity index (χ1v) is 8.25. The van der Waals surface area contributed by atoms with Gasteiger partial charge in [0.15, 0.2) is 5.82 Å². The maximum Gasteiger partial charge on any atom is 0.401 e. The van der Waals surface area contributed by atoms with Gasteiger partial charge in [0, 0.05) is 18.9 Å². The zero-order valence-corrected chi connectivity index (χ0v) is 13.7. The van der Waals surface area contributed by atoms with Crippen LogP contribution in [0.3, 0.4) is 0 Å². The Kier molecular flexibility index (Phi) is 4.93. The molecule has 1 aliphatic heterocycles. The predicted octanol–water partition coefficient (Wildman–Crippen LogP) is 3.11. The van der Waals surface area contributed by atoms with Crippen molar-refractivity contribution < 1.29 is 13.2 Å². The smallest absolute Gasteiger partial charge is 0.368 e. The molecule has 5 nitrogen and oxygen atoms in total. The second-order valence-electron chi connectivity index (χ2n) is 6.44. The van der Waals surface area contributed by atoms with E-state index in [1.54, 1.807) is 10.7 Å². The summed E-state index contributed by atoms with van der Waals surface area (Å²) in [4.78, 5) is 5.85. The first kappa shape index (κ1) is 17.0. The van der Waals surface area contributed by atoms with Crippen molar-refractivity contribution in [2.75, 3.05) is 31.5 Å². The fourth-order valence-electron chi connectivity index (χ4n) is 3.26. The minimum atomic E-state index is -4.10. The maximum absolute atomic E-state index is 12.4. The number of aromatic nitrogens is 3. The van der Waals surface area contributed by atoms with Gasteiger partial charge < -0.3 is 5.32 Å². The van der Waals surface area contributed by atoms with Crippen LogP contribution in [-0.4, -0.2) is 51.9 Å². The molecular formula is C16H22F3N5. The zero-order valence-electron chi connectivity index (χ0n) is 13.7. The first-order chi connectivity index (χ1) is 11.4. The molecule has 132 valence electrons. The molecule has 1 aliphatic rings. The summed E-state index contributed by atoms with van der Waals surface area (Å²) in [7, 11) is 0. The van der Waals surface area contributed by atoms with E-state index in [1.807, 2.05) is 19.2 Å². The molecule has 3 heterocycles. The molecule has 2 aromatic heterocycles. The molecular weight excluding hydrogens is 319 g/mol. The van der Waals surface area contributed by atoms with Crippen LogP contribution >= 0.6 is 0 Å². The molecule has 0 bridgehead atoms. The Morgan fingerprint density at radius 2 is 2.04 bits per heavy atom. The van der Waals surface area contributed by atoms with Gasteiger partial charge in [-0.2, -0.15) is 18.3 Å². The third-order valence-electron chi connectivity index (χ3n) is 4.47. The van der Waals surface area contributed by atoms with E-state index in [0.29, 0.717) is 19.0 Å². The molecule has 24 heavy (non-hydrogen) atoms. The summed E-state index contributed by atoms with van der Waals surface area (Å²) in [6.07, 6.45) is 2.00. The first-order valence-electron chi connectivity index (χ1n) is 8.25. The summed E-state index contributed by atoms with van der Waals surface area (Å²) in [5.41, 5.74) is 1.87. The van der Waals surface area contributed by atoms with E-state index in [1.165, 1.54) is 4.90 Å². The lowest BCUT2D eigenvalue weighted by Gasteiger charge is -2.32. The van der Waals surface area contributed by atoms with Crippen molar-refractivity contribution in [2.45, 2.75) is 32.4 Å². The van der Waals surface area contributed by atoms with E-state index in [2.05, 4.69) is 15.4 Å². The zero-order chi connectivity index (χ0) is 17.2. The fraction of sp³-hybridized carbons (Fsp3) is 0.625. The number of nitrogens with one attached hydrogen (secondary N) is 1. The van der Waals surface area contributed by atoms with Gasteiger partial charge in [0.05, 0.1) is 12.2 Å². The molecule has 1 fully saturated rings. The van der Waals surface area contributed by atoms with Gasteiger partial charge >= 0.3 is 6.18 Å². The number of hydrogen-bond donors (Lipinski definition) is 1. The highest BCUT2D eigenvalue weighted by Crippen LogP contribution is 2.24. The highest BCUT2D eigenvalue weighted by molar-refractivity contribution is 5.67. The van der Waals surface area contributed by atoms with E-state index >= 15 is 0 Å². The average molecular weight is 341 g/mol. The third kappa shape index (κ3) is 4.37. The molecule has 1 saturated heterocycles. The standard InChI is InChI=1S/C16H22F3N5/c1-12-10-14-15(21-6-9-24(14)22-12)20-5-2-13-3-7-23(8-4-13)11-16(17,18)19/h6,9-10,13H,2-5,7-8,11H2,1H3,(H,20,21). The van der Waals surface area contributed by atoms with E-state index in [9.17, 15) is 13.2 Å². The highest BCUT2D eigenvalue weighted by Gasteiger charge is 2.32. The van der Waals surface area contributed by atoms with Crippen LogP contribution in [0.2, 0.25) is 0 Å². The second kappa shape index (κ2) is 6.96. The number of alkyl halides is 3. The van der Waals surface area contributed by atoms with Gasteiger partial charge in [0.25, 0.3) is 0 Å². The van der Waals surface area contributed by atoms with Gasteiger partial charge in [0.2, 0.25) is 0 Å². The number of nitrogens with zero attached hydrogens (tertiary/aromatic N) is 4. The minimum Gasteiger partial charge on any atom is -0.368 e. The lowest BCUT2D eigenvalue weighted by atomic mass is 9.93. The molecule has 8 heteroatoms. The molecule has 0 radical (unpaired) electrons. The van der Waals surface area contributed by atoms with Crippen molar-refractivity contribution >= 4 is 11.3 Å². The number of piperidine rings is 1. The van der Waals surface area contributed by atoms with Gasteiger partial charge in [-0.3, -0.25) is 4.90 Å². The number of aryl methyl sites for hydroxylation is 1. The van der Waals surface area contributed by atoms with E-state index in [-0.39, 0.29) is 0 Å². The summed E-state index contributed by atoms with van der Waals surface area (Å²) >= 11 is 0. The van der Waals surface area contributed by atoms with Crippen molar-refractivity contribution in [3.63, 3.8) is 0 Å². The van der Waals surface area contributed by atoms with Gasteiger partial charge in [-0.05, 0) is 51.3 Å². The van der Waals surface area contributed by atoms with E-state index in [4.69, 9.17) is 0 Å². The summed E-state index contributed by atoms with van der Waals surface area (Å²) in [6, 6.07) is 1.98. The quantitative estimate of drug-likeness (QED) is 0.908. The number of anilines is 1. The molecule has 0 saturated carbocycles. The number of likely N-dealkylation sites (tertiary alicyclic amines) is 1. The van der Waals surface area contributed by atoms with Crippen molar-refractivity contribution in [3.05, 3.63) is 24.2 Å². The third-order valence-corrected chi connectivity index (χ3v) is 4.47. The van der Waals surface area contributed by atoms with E-state index < -0.39 is 12.7 Å². The lowest BCUT2D eigenvalue weighted by molar-refractivity contribution is -0.148. The van der Waals surface area contributed by atoms with Crippen molar-refractivity contribution in [2.24, 2.45) is 5.92 Å². The molecule has 0 atom stereocenters. The Morgan fingerprint density at radius 3 is 2.75 bits per heavy atom. The number of halogens is 3. The summed E-state index contributed by atoms with van der Waals surface area (Å²) in [6.45, 7) is 2.97. The van der Waals surface area contributed by atoms with Crippen LogP contribution in [0, 0.1) is 12.8 Å². The number of hydrogen-bond acceptors (Lipinski definition) is 4. The fourth-order valence-corrected chi connectivity index (χ4v) is 3.26. The van der Waals surface area contributed by atoms with Gasteiger partial charge in [0.1, 0.15) is 5.52 Å². The molecule has 0 aromatic carbocycles. The Morgan fingerprint density at radius 1 is 1.29 bits per heavy atom. The van der Waals surface area contributed by atoms with Gasteiger partial charge in [-0.1, -0.05) is 0 Å². The summed E-state index contributed by atoms with van der Waals surface area (Å²) in [5, 5.41) is 7.68. The van der Waals surface area contributed by atoms with Crippen LogP contribution in [0.1, 0.15) is 25.0 Å². The van der Waals surface area contributed by atoms with Gasteiger partial charge in [-0.15, -0.1) is 0 Å². The summed E-state index contributed by atoms with van der Waals surface area (Å²) in [5.74, 6) is 1.26. The number of rotatable bonds is 5. The molecule has 3 rings (SSSR count). The van der Waals surface area contributed by atoms with E-state index in [0.717, 1.165) is 42.8 Å². The maximum atomic E-state index is 12.4. The minimum absolute atomic E-state index is 0.466. The average Bonchev–Trinajstić information content (AvgIpc) is 2.89. The highest BCUT2D eigenvalue weighted by atomic mass is 19.4. The Hall–Kier alpha value is -1.83. The molecule has 0 aliphatic carbocycles. The van der Waals surface area contributed by atoms with Crippen LogP contribution in [0.15, 0.2) is 18.5 Å². The Bertz CT molecular complexity index is 674. The summed E-state index contributed by atoms with van der Waals surface area (Å²) < 4.78 is 39.0. The molecule has 0 unspecified atom stereocenters. The molecule has 2 aromatic rings. The van der Waals surface area contributed by atoms with Crippen LogP contribution < -0.4 is 5.32 Å². The van der Waals surface area contributed by atoms with Crippen LogP contribution in [-0.2, 0) is 0 Å². The lowest BCUT2D eigenvalue weighted by Crippen LogP contribution is -2.40. The van der Waals surface area contributed by atoms with Crippen LogP contribution in [0.4, 0.5) is 19.0 Å². The predicted molar refractivity (Wildman–Crippen MR) is 86.0 cm³/mol. The molecule has 0 spiro atoms. The second-order valence-corrected chi connectivity index (χ2v) is 6.44. The largest absolute Gasteiger partial charge is 0.401 e.